The molecule has 0 radical (unpaired) electrons. The normalized spacial score (nSPS) is 19.1. The molecular weight excluding hydrogens is 466 g/mol. The standard InChI is InChI=1S/C25H30ClN7O2/c1-14(18-10-22(35-5)27-11-19(18)26)24(34)33-12-20(25(13-33)8-9-25)30-21-7-6-17(15(2)28-21)23-29-16(3)32(4)31-23/h6-7,10-11,14,20H,8-9,12-13H2,1-5H3,(H,28,30)/t14-,20-/m1/s1. The van der Waals surface area contributed by atoms with Crippen molar-refractivity contribution in [3.63, 3.8) is 0 Å². The zero-order valence-corrected chi connectivity index (χ0v) is 21.4. The molecule has 0 bridgehead atoms. The van der Waals surface area contributed by atoms with Gasteiger partial charge in [-0.15, -0.1) is 0 Å². The molecule has 2 aliphatic rings. The number of aromatic nitrogens is 5. The number of nitrogens with one attached hydrogen (secondary N) is 1. The van der Waals surface area contributed by atoms with Crippen LogP contribution in [0.3, 0.4) is 0 Å². The van der Waals surface area contributed by atoms with Crippen molar-refractivity contribution in [1.82, 2.24) is 29.6 Å². The molecule has 4 heterocycles. The number of likely N-dealkylation sites (tertiary alicyclic amines) is 1. The maximum absolute atomic E-state index is 13.4. The van der Waals surface area contributed by atoms with Crippen molar-refractivity contribution < 1.29 is 9.53 Å². The minimum atomic E-state index is -0.386. The fraction of sp³-hybridized carbons (Fsp3) is 0.480. The van der Waals surface area contributed by atoms with Crippen LogP contribution in [-0.2, 0) is 11.8 Å². The van der Waals surface area contributed by atoms with Gasteiger partial charge < -0.3 is 15.0 Å². The Balaban J connectivity index is 1.31. The number of methoxy groups -OCH3 is 1. The SMILES string of the molecule is COc1cc([C@@H](C)C(=O)N2C[C@@H](Nc3ccc(-c4nc(C)n(C)n4)c(C)n3)C3(CC3)C2)c(Cl)cn1. The van der Waals surface area contributed by atoms with E-state index in [1.165, 1.54) is 6.20 Å². The van der Waals surface area contributed by atoms with Crippen LogP contribution in [0.5, 0.6) is 5.88 Å². The minimum Gasteiger partial charge on any atom is -0.481 e. The molecule has 1 saturated heterocycles. The van der Waals surface area contributed by atoms with E-state index in [9.17, 15) is 4.79 Å². The summed E-state index contributed by atoms with van der Waals surface area (Å²) >= 11 is 6.37. The van der Waals surface area contributed by atoms with Crippen LogP contribution in [0.1, 0.15) is 42.8 Å². The number of carbonyl (C=O) groups excluding carboxylic acids is 1. The van der Waals surface area contributed by atoms with E-state index in [-0.39, 0.29) is 23.3 Å². The minimum absolute atomic E-state index is 0.0619. The van der Waals surface area contributed by atoms with Gasteiger partial charge in [-0.1, -0.05) is 11.6 Å². The number of anilines is 1. The maximum Gasteiger partial charge on any atom is 0.229 e. The van der Waals surface area contributed by atoms with Crippen LogP contribution in [0.4, 0.5) is 5.82 Å². The molecule has 2 atom stereocenters. The van der Waals surface area contributed by atoms with E-state index in [2.05, 4.69) is 20.4 Å². The third-order valence-electron chi connectivity index (χ3n) is 7.39. The van der Waals surface area contributed by atoms with Crippen molar-refractivity contribution in [3.8, 4) is 17.3 Å². The van der Waals surface area contributed by atoms with Gasteiger partial charge in [0.2, 0.25) is 11.8 Å². The van der Waals surface area contributed by atoms with Gasteiger partial charge >= 0.3 is 0 Å². The van der Waals surface area contributed by atoms with Gasteiger partial charge in [0.25, 0.3) is 0 Å². The topological polar surface area (TPSA) is 98.1 Å². The molecule has 0 aromatic carbocycles. The van der Waals surface area contributed by atoms with Crippen LogP contribution in [0.15, 0.2) is 24.4 Å². The molecule has 184 valence electrons. The summed E-state index contributed by atoms with van der Waals surface area (Å²) in [5.74, 6) is 2.46. The summed E-state index contributed by atoms with van der Waals surface area (Å²) in [6.45, 7) is 7.16. The third kappa shape index (κ3) is 4.33. The highest BCUT2D eigenvalue weighted by atomic mass is 35.5. The predicted molar refractivity (Wildman–Crippen MR) is 134 cm³/mol. The number of carbonyl (C=O) groups is 1. The third-order valence-corrected chi connectivity index (χ3v) is 7.70. The Kier molecular flexibility index (Phi) is 5.91. The van der Waals surface area contributed by atoms with E-state index < -0.39 is 0 Å². The zero-order valence-electron chi connectivity index (χ0n) is 20.7. The lowest BCUT2D eigenvalue weighted by Gasteiger charge is -2.22. The van der Waals surface area contributed by atoms with Crippen molar-refractivity contribution in [2.75, 3.05) is 25.5 Å². The van der Waals surface area contributed by atoms with Gasteiger partial charge in [0.05, 0.1) is 29.8 Å². The first-order valence-electron chi connectivity index (χ1n) is 11.8. The Bertz CT molecular complexity index is 1270. The molecule has 1 aliphatic carbocycles. The lowest BCUT2D eigenvalue weighted by Crippen LogP contribution is -2.34. The Hall–Kier alpha value is -3.20. The summed E-state index contributed by atoms with van der Waals surface area (Å²) in [5.41, 5.74) is 2.62. The van der Waals surface area contributed by atoms with Crippen LogP contribution in [0.2, 0.25) is 5.02 Å². The van der Waals surface area contributed by atoms with Crippen LogP contribution in [-0.4, -0.2) is 61.8 Å². The highest BCUT2D eigenvalue weighted by Crippen LogP contribution is 2.54. The number of rotatable bonds is 6. The van der Waals surface area contributed by atoms with Gasteiger partial charge in [-0.25, -0.2) is 15.0 Å². The first-order chi connectivity index (χ1) is 16.7. The lowest BCUT2D eigenvalue weighted by atomic mass is 10.0. The highest BCUT2D eigenvalue weighted by molar-refractivity contribution is 6.31. The molecule has 3 aromatic heterocycles. The van der Waals surface area contributed by atoms with Crippen molar-refractivity contribution >= 4 is 23.3 Å². The summed E-state index contributed by atoms with van der Waals surface area (Å²) in [6, 6.07) is 5.88. The summed E-state index contributed by atoms with van der Waals surface area (Å²) in [5, 5.41) is 8.56. The van der Waals surface area contributed by atoms with Crippen molar-refractivity contribution in [1.29, 1.82) is 0 Å². The summed E-state index contributed by atoms with van der Waals surface area (Å²) in [6.07, 6.45) is 3.73. The molecule has 1 N–H and O–H groups in total. The molecule has 0 unspecified atom stereocenters. The second-order valence-corrected chi connectivity index (χ2v) is 10.1. The molecule has 1 spiro atoms. The monoisotopic (exact) mass is 495 g/mol. The Morgan fingerprint density at radius 1 is 1.29 bits per heavy atom. The van der Waals surface area contributed by atoms with E-state index >= 15 is 0 Å². The van der Waals surface area contributed by atoms with E-state index in [0.29, 0.717) is 23.3 Å². The predicted octanol–water partition coefficient (Wildman–Crippen LogP) is 3.76. The van der Waals surface area contributed by atoms with Gasteiger partial charge in [-0.05, 0) is 51.3 Å². The molecule has 10 heteroatoms. The van der Waals surface area contributed by atoms with Crippen LogP contribution in [0.25, 0.3) is 11.4 Å². The number of hydrogen-bond acceptors (Lipinski definition) is 7. The van der Waals surface area contributed by atoms with Crippen LogP contribution >= 0.6 is 11.6 Å². The van der Waals surface area contributed by atoms with Gasteiger partial charge in [0.15, 0.2) is 5.82 Å². The number of pyridine rings is 2. The summed E-state index contributed by atoms with van der Waals surface area (Å²) in [4.78, 5) is 28.8. The Labute approximate surface area is 209 Å². The molecule has 1 saturated carbocycles. The Morgan fingerprint density at radius 2 is 2.06 bits per heavy atom. The number of halogens is 1. The summed E-state index contributed by atoms with van der Waals surface area (Å²) in [7, 11) is 3.43. The fourth-order valence-electron chi connectivity index (χ4n) is 4.92. The largest absolute Gasteiger partial charge is 0.481 e. The van der Waals surface area contributed by atoms with Gasteiger partial charge in [0, 0.05) is 43.4 Å². The smallest absolute Gasteiger partial charge is 0.229 e. The quantitative estimate of drug-likeness (QED) is 0.556. The number of ether oxygens (including phenoxy) is 1. The highest BCUT2D eigenvalue weighted by Gasteiger charge is 2.56. The average Bonchev–Trinajstić information content (AvgIpc) is 3.43. The first-order valence-corrected chi connectivity index (χ1v) is 12.2. The molecule has 3 aromatic rings. The molecule has 2 fully saturated rings. The molecular formula is C25H30ClN7O2. The summed E-state index contributed by atoms with van der Waals surface area (Å²) < 4.78 is 6.99. The second-order valence-electron chi connectivity index (χ2n) is 9.68. The first kappa shape index (κ1) is 23.5. The average molecular weight is 496 g/mol. The van der Waals surface area contributed by atoms with Gasteiger partial charge in [-0.3, -0.25) is 9.48 Å². The van der Waals surface area contributed by atoms with Crippen molar-refractivity contribution in [2.24, 2.45) is 12.5 Å². The van der Waals surface area contributed by atoms with Crippen LogP contribution < -0.4 is 10.1 Å². The maximum atomic E-state index is 13.4. The zero-order chi connectivity index (χ0) is 24.9. The lowest BCUT2D eigenvalue weighted by molar-refractivity contribution is -0.131. The number of aryl methyl sites for hydroxylation is 3. The molecule has 5 rings (SSSR count). The van der Waals surface area contributed by atoms with Gasteiger partial charge in [0.1, 0.15) is 11.6 Å². The molecule has 1 aliphatic heterocycles. The van der Waals surface area contributed by atoms with Crippen molar-refractivity contribution in [3.05, 3.63) is 46.5 Å². The van der Waals surface area contributed by atoms with Crippen molar-refractivity contribution in [2.45, 2.75) is 45.6 Å². The van der Waals surface area contributed by atoms with E-state index in [4.69, 9.17) is 21.3 Å². The molecule has 9 nitrogen and oxygen atoms in total. The number of hydrogen-bond donors (Lipinski definition) is 1. The second kappa shape index (κ2) is 8.78. The van der Waals surface area contributed by atoms with Crippen LogP contribution in [0, 0.1) is 19.3 Å². The number of nitrogens with zero attached hydrogens (tertiary/aromatic N) is 6. The Morgan fingerprint density at radius 3 is 2.69 bits per heavy atom. The molecule has 35 heavy (non-hydrogen) atoms. The molecule has 1 amide bonds. The van der Waals surface area contributed by atoms with E-state index in [1.54, 1.807) is 17.9 Å². The number of amides is 1. The van der Waals surface area contributed by atoms with Gasteiger partial charge in [-0.2, -0.15) is 5.10 Å². The van der Waals surface area contributed by atoms with E-state index in [0.717, 1.165) is 47.8 Å². The fourth-order valence-corrected chi connectivity index (χ4v) is 5.19. The van der Waals surface area contributed by atoms with E-state index in [1.807, 2.05) is 44.9 Å².